The van der Waals surface area contributed by atoms with E-state index in [1.807, 2.05) is 0 Å². The average molecular weight is 239 g/mol. The predicted molar refractivity (Wildman–Crippen MR) is 72.2 cm³/mol. The number of ether oxygens (including phenoxy) is 1. The van der Waals surface area contributed by atoms with Gasteiger partial charge in [0.15, 0.2) is 0 Å². The van der Waals surface area contributed by atoms with Crippen LogP contribution < -0.4 is 5.32 Å². The molecule has 2 aliphatic carbocycles. The van der Waals surface area contributed by atoms with Gasteiger partial charge in [0.05, 0.1) is 0 Å². The lowest BCUT2D eigenvalue weighted by atomic mass is 9.77. The first-order valence-corrected chi connectivity index (χ1v) is 7.71. The molecule has 2 heteroatoms. The first-order chi connectivity index (χ1) is 8.40. The highest BCUT2D eigenvalue weighted by Gasteiger charge is 2.27. The average Bonchev–Trinajstić information content (AvgIpc) is 3.17. The fraction of sp³-hybridized carbons (Fsp3) is 1.00. The molecule has 0 radical (unpaired) electrons. The van der Waals surface area contributed by atoms with E-state index in [9.17, 15) is 0 Å². The zero-order chi connectivity index (χ0) is 11.9. The van der Waals surface area contributed by atoms with Crippen LogP contribution in [0.2, 0.25) is 0 Å². The molecule has 2 unspecified atom stereocenters. The van der Waals surface area contributed by atoms with Gasteiger partial charge in [-0.2, -0.15) is 0 Å². The molecule has 1 N–H and O–H groups in total. The monoisotopic (exact) mass is 239 g/mol. The second-order valence-corrected chi connectivity index (χ2v) is 5.83. The second kappa shape index (κ2) is 7.38. The maximum atomic E-state index is 5.45. The minimum atomic E-state index is 0.872. The predicted octanol–water partition coefficient (Wildman–Crippen LogP) is 3.36. The Hall–Kier alpha value is -0.0800. The molecule has 100 valence electrons. The Balaban J connectivity index is 1.63. The van der Waals surface area contributed by atoms with Crippen molar-refractivity contribution in [3.8, 4) is 0 Å². The lowest BCUT2D eigenvalue weighted by Crippen LogP contribution is -2.31. The van der Waals surface area contributed by atoms with Crippen molar-refractivity contribution < 1.29 is 4.74 Å². The van der Waals surface area contributed by atoms with Crippen LogP contribution >= 0.6 is 0 Å². The summed E-state index contributed by atoms with van der Waals surface area (Å²) in [5, 5.41) is 3.73. The van der Waals surface area contributed by atoms with Gasteiger partial charge in [0, 0.05) is 19.3 Å². The van der Waals surface area contributed by atoms with Gasteiger partial charge in [-0.05, 0) is 57.4 Å². The summed E-state index contributed by atoms with van der Waals surface area (Å²) in [6, 6.07) is 0.876. The van der Waals surface area contributed by atoms with E-state index in [2.05, 4.69) is 12.2 Å². The van der Waals surface area contributed by atoms with E-state index < -0.39 is 0 Å². The highest BCUT2D eigenvalue weighted by molar-refractivity contribution is 4.84. The summed E-state index contributed by atoms with van der Waals surface area (Å²) in [4.78, 5) is 0. The standard InChI is InChI=1S/C15H29NO/c1-2-17-11-5-8-13-6-3-4-7-14(13)12-16-15-9-10-15/h13-16H,2-12H2,1H3. The first-order valence-electron chi connectivity index (χ1n) is 7.71. The van der Waals surface area contributed by atoms with E-state index in [4.69, 9.17) is 4.74 Å². The molecule has 0 spiro atoms. The summed E-state index contributed by atoms with van der Waals surface area (Å²) in [7, 11) is 0. The van der Waals surface area contributed by atoms with Gasteiger partial charge in [-0.1, -0.05) is 19.3 Å². The fourth-order valence-electron chi connectivity index (χ4n) is 3.13. The van der Waals surface area contributed by atoms with Gasteiger partial charge in [0.1, 0.15) is 0 Å². The maximum absolute atomic E-state index is 5.45. The number of nitrogens with one attached hydrogen (secondary N) is 1. The minimum Gasteiger partial charge on any atom is -0.382 e. The van der Waals surface area contributed by atoms with Crippen molar-refractivity contribution in [2.24, 2.45) is 11.8 Å². The minimum absolute atomic E-state index is 0.872. The number of rotatable bonds is 8. The third kappa shape index (κ3) is 4.97. The van der Waals surface area contributed by atoms with Gasteiger partial charge in [-0.15, -0.1) is 0 Å². The Kier molecular flexibility index (Phi) is 5.79. The molecular weight excluding hydrogens is 210 g/mol. The summed E-state index contributed by atoms with van der Waals surface area (Å²) >= 11 is 0. The summed E-state index contributed by atoms with van der Waals surface area (Å²) in [5.41, 5.74) is 0. The van der Waals surface area contributed by atoms with Crippen molar-refractivity contribution in [2.45, 2.75) is 64.3 Å². The molecule has 2 aliphatic rings. The smallest absolute Gasteiger partial charge is 0.0465 e. The van der Waals surface area contributed by atoms with Crippen LogP contribution in [-0.4, -0.2) is 25.8 Å². The zero-order valence-electron chi connectivity index (χ0n) is 11.4. The molecule has 0 aromatic carbocycles. The van der Waals surface area contributed by atoms with Crippen molar-refractivity contribution in [2.75, 3.05) is 19.8 Å². The molecule has 0 bridgehead atoms. The highest BCUT2D eigenvalue weighted by Crippen LogP contribution is 2.33. The summed E-state index contributed by atoms with van der Waals surface area (Å²) in [6.07, 6.45) is 11.3. The SMILES string of the molecule is CCOCCCC1CCCCC1CNC1CC1. The van der Waals surface area contributed by atoms with Crippen molar-refractivity contribution in [3.63, 3.8) is 0 Å². The molecule has 0 aromatic rings. The number of hydrogen-bond donors (Lipinski definition) is 1. The third-order valence-corrected chi connectivity index (χ3v) is 4.38. The molecule has 17 heavy (non-hydrogen) atoms. The Labute approximate surface area is 107 Å². The summed E-state index contributed by atoms with van der Waals surface area (Å²) < 4.78 is 5.45. The third-order valence-electron chi connectivity index (χ3n) is 4.38. The maximum Gasteiger partial charge on any atom is 0.0465 e. The molecule has 2 atom stereocenters. The lowest BCUT2D eigenvalue weighted by molar-refractivity contribution is 0.128. The Morgan fingerprint density at radius 1 is 1.06 bits per heavy atom. The van der Waals surface area contributed by atoms with Crippen LogP contribution in [0, 0.1) is 11.8 Å². The van der Waals surface area contributed by atoms with Gasteiger partial charge in [-0.25, -0.2) is 0 Å². The molecule has 0 amide bonds. The van der Waals surface area contributed by atoms with Crippen molar-refractivity contribution in [3.05, 3.63) is 0 Å². The van der Waals surface area contributed by atoms with E-state index in [0.717, 1.165) is 31.1 Å². The molecule has 2 rings (SSSR count). The van der Waals surface area contributed by atoms with E-state index in [-0.39, 0.29) is 0 Å². The van der Waals surface area contributed by atoms with Crippen LogP contribution in [-0.2, 0) is 4.74 Å². The highest BCUT2D eigenvalue weighted by atomic mass is 16.5. The van der Waals surface area contributed by atoms with Crippen molar-refractivity contribution >= 4 is 0 Å². The van der Waals surface area contributed by atoms with E-state index in [0.29, 0.717) is 0 Å². The van der Waals surface area contributed by atoms with Crippen LogP contribution in [0.1, 0.15) is 58.3 Å². The van der Waals surface area contributed by atoms with Crippen LogP contribution in [0.15, 0.2) is 0 Å². The van der Waals surface area contributed by atoms with E-state index in [1.54, 1.807) is 0 Å². The van der Waals surface area contributed by atoms with Gasteiger partial charge in [-0.3, -0.25) is 0 Å². The van der Waals surface area contributed by atoms with E-state index in [1.165, 1.54) is 57.9 Å². The van der Waals surface area contributed by atoms with Crippen LogP contribution in [0.25, 0.3) is 0 Å². The molecule has 0 aliphatic heterocycles. The molecule has 0 heterocycles. The largest absolute Gasteiger partial charge is 0.382 e. The molecule has 0 saturated heterocycles. The summed E-state index contributed by atoms with van der Waals surface area (Å²) in [5.74, 6) is 1.92. The van der Waals surface area contributed by atoms with Crippen LogP contribution in [0.3, 0.4) is 0 Å². The van der Waals surface area contributed by atoms with Gasteiger partial charge in [0.2, 0.25) is 0 Å². The quantitative estimate of drug-likeness (QED) is 0.656. The molecular formula is C15H29NO. The van der Waals surface area contributed by atoms with Gasteiger partial charge < -0.3 is 10.1 Å². The molecule has 2 fully saturated rings. The topological polar surface area (TPSA) is 21.3 Å². The van der Waals surface area contributed by atoms with E-state index >= 15 is 0 Å². The summed E-state index contributed by atoms with van der Waals surface area (Å²) in [6.45, 7) is 5.21. The Bertz CT molecular complexity index is 203. The second-order valence-electron chi connectivity index (χ2n) is 5.83. The lowest BCUT2D eigenvalue weighted by Gasteiger charge is -2.32. The van der Waals surface area contributed by atoms with Crippen LogP contribution in [0.4, 0.5) is 0 Å². The Morgan fingerprint density at radius 3 is 2.53 bits per heavy atom. The molecule has 0 aromatic heterocycles. The number of hydrogen-bond acceptors (Lipinski definition) is 2. The van der Waals surface area contributed by atoms with Gasteiger partial charge in [0.25, 0.3) is 0 Å². The van der Waals surface area contributed by atoms with Crippen molar-refractivity contribution in [1.82, 2.24) is 5.32 Å². The first kappa shape index (κ1) is 13.4. The Morgan fingerprint density at radius 2 is 1.82 bits per heavy atom. The zero-order valence-corrected chi connectivity index (χ0v) is 11.4. The van der Waals surface area contributed by atoms with Gasteiger partial charge >= 0.3 is 0 Å². The van der Waals surface area contributed by atoms with Crippen molar-refractivity contribution in [1.29, 1.82) is 0 Å². The molecule has 2 nitrogen and oxygen atoms in total. The molecule has 2 saturated carbocycles. The van der Waals surface area contributed by atoms with Crippen LogP contribution in [0.5, 0.6) is 0 Å². The normalized spacial score (nSPS) is 29.5. The fourth-order valence-corrected chi connectivity index (χ4v) is 3.13.